The van der Waals surface area contributed by atoms with E-state index in [1.165, 1.54) is 19.2 Å². The van der Waals surface area contributed by atoms with Gasteiger partial charge in [0.25, 0.3) is 5.91 Å². The van der Waals surface area contributed by atoms with E-state index in [0.717, 1.165) is 19.5 Å². The standard InChI is InChI=1S/C10H16N4O/c15-10(9-6-12-7-13-9)14-8-3-1-2-4-11-5-8/h6-8,11H,1-5H2,(H,12,13)(H,14,15). The molecule has 1 amide bonds. The molecule has 82 valence electrons. The minimum atomic E-state index is -0.0683. The number of aromatic nitrogens is 2. The van der Waals surface area contributed by atoms with Crippen molar-refractivity contribution in [2.75, 3.05) is 13.1 Å². The van der Waals surface area contributed by atoms with Crippen molar-refractivity contribution < 1.29 is 4.79 Å². The van der Waals surface area contributed by atoms with Crippen molar-refractivity contribution in [3.8, 4) is 0 Å². The van der Waals surface area contributed by atoms with E-state index in [4.69, 9.17) is 0 Å². The van der Waals surface area contributed by atoms with Crippen molar-refractivity contribution in [2.24, 2.45) is 0 Å². The van der Waals surface area contributed by atoms with Crippen molar-refractivity contribution >= 4 is 5.91 Å². The normalized spacial score (nSPS) is 22.0. The average molecular weight is 208 g/mol. The lowest BCUT2D eigenvalue weighted by Crippen LogP contribution is -2.40. The number of hydrogen-bond acceptors (Lipinski definition) is 3. The lowest BCUT2D eigenvalue weighted by atomic mass is 10.1. The number of aromatic amines is 1. The molecule has 3 N–H and O–H groups in total. The summed E-state index contributed by atoms with van der Waals surface area (Å²) >= 11 is 0. The van der Waals surface area contributed by atoms with Gasteiger partial charge in [-0.3, -0.25) is 4.79 Å². The number of nitrogens with one attached hydrogen (secondary N) is 3. The van der Waals surface area contributed by atoms with Crippen LogP contribution >= 0.6 is 0 Å². The monoisotopic (exact) mass is 208 g/mol. The summed E-state index contributed by atoms with van der Waals surface area (Å²) in [5.74, 6) is -0.0683. The zero-order valence-corrected chi connectivity index (χ0v) is 8.62. The van der Waals surface area contributed by atoms with Gasteiger partial charge in [-0.15, -0.1) is 0 Å². The molecular weight excluding hydrogens is 192 g/mol. The number of H-pyrrole nitrogens is 1. The maximum atomic E-state index is 11.7. The maximum absolute atomic E-state index is 11.7. The lowest BCUT2D eigenvalue weighted by molar-refractivity contribution is 0.0931. The van der Waals surface area contributed by atoms with Crippen LogP contribution in [0.4, 0.5) is 0 Å². The van der Waals surface area contributed by atoms with Gasteiger partial charge in [0.2, 0.25) is 0 Å². The van der Waals surface area contributed by atoms with E-state index in [0.29, 0.717) is 5.69 Å². The Morgan fingerprint density at radius 3 is 3.27 bits per heavy atom. The third-order valence-corrected chi connectivity index (χ3v) is 2.62. The Hall–Kier alpha value is -1.36. The summed E-state index contributed by atoms with van der Waals surface area (Å²) in [5.41, 5.74) is 0.527. The van der Waals surface area contributed by atoms with Crippen molar-refractivity contribution in [1.29, 1.82) is 0 Å². The molecule has 0 bridgehead atoms. The molecule has 1 aliphatic heterocycles. The molecule has 1 aromatic rings. The highest BCUT2D eigenvalue weighted by Crippen LogP contribution is 2.04. The van der Waals surface area contributed by atoms with Crippen LogP contribution in [0.3, 0.4) is 0 Å². The molecule has 1 saturated heterocycles. The van der Waals surface area contributed by atoms with Crippen LogP contribution in [0.1, 0.15) is 29.8 Å². The number of nitrogens with zero attached hydrogens (tertiary/aromatic N) is 1. The van der Waals surface area contributed by atoms with E-state index in [-0.39, 0.29) is 11.9 Å². The van der Waals surface area contributed by atoms with Gasteiger partial charge in [0.15, 0.2) is 0 Å². The summed E-state index contributed by atoms with van der Waals surface area (Å²) in [4.78, 5) is 18.3. The number of carbonyl (C=O) groups excluding carboxylic acids is 1. The molecule has 1 aromatic heterocycles. The van der Waals surface area contributed by atoms with Crippen molar-refractivity contribution in [3.05, 3.63) is 18.2 Å². The van der Waals surface area contributed by atoms with E-state index >= 15 is 0 Å². The number of imidazole rings is 1. The Morgan fingerprint density at radius 2 is 2.47 bits per heavy atom. The SMILES string of the molecule is O=C(NC1CCCCNC1)c1cnc[nH]1. The van der Waals surface area contributed by atoms with Crippen LogP contribution < -0.4 is 10.6 Å². The molecule has 1 unspecified atom stereocenters. The van der Waals surface area contributed by atoms with Gasteiger partial charge in [-0.1, -0.05) is 6.42 Å². The van der Waals surface area contributed by atoms with E-state index in [1.807, 2.05) is 0 Å². The predicted octanol–water partition coefficient (Wildman–Crippen LogP) is 0.282. The van der Waals surface area contributed by atoms with Gasteiger partial charge >= 0.3 is 0 Å². The van der Waals surface area contributed by atoms with Crippen molar-refractivity contribution in [1.82, 2.24) is 20.6 Å². The molecule has 0 saturated carbocycles. The first-order chi connectivity index (χ1) is 7.36. The fourth-order valence-corrected chi connectivity index (χ4v) is 1.79. The van der Waals surface area contributed by atoms with Crippen molar-refractivity contribution in [3.63, 3.8) is 0 Å². The summed E-state index contributed by atoms with van der Waals surface area (Å²) < 4.78 is 0. The van der Waals surface area contributed by atoms with Crippen LogP contribution in [0.2, 0.25) is 0 Å². The van der Waals surface area contributed by atoms with Crippen molar-refractivity contribution in [2.45, 2.75) is 25.3 Å². The Balaban J connectivity index is 1.87. The molecule has 1 aliphatic rings. The smallest absolute Gasteiger partial charge is 0.269 e. The van der Waals surface area contributed by atoms with Gasteiger partial charge in [0.05, 0.1) is 12.5 Å². The van der Waals surface area contributed by atoms with E-state index in [9.17, 15) is 4.79 Å². The second kappa shape index (κ2) is 4.93. The first-order valence-corrected chi connectivity index (χ1v) is 5.36. The summed E-state index contributed by atoms with van der Waals surface area (Å²) in [6, 6.07) is 0.239. The van der Waals surface area contributed by atoms with Gasteiger partial charge < -0.3 is 15.6 Å². The Kier molecular flexibility index (Phi) is 3.34. The number of amides is 1. The van der Waals surface area contributed by atoms with Crippen LogP contribution in [0, 0.1) is 0 Å². The fraction of sp³-hybridized carbons (Fsp3) is 0.600. The highest BCUT2D eigenvalue weighted by Gasteiger charge is 2.15. The molecule has 5 nitrogen and oxygen atoms in total. The molecule has 2 rings (SSSR count). The lowest BCUT2D eigenvalue weighted by Gasteiger charge is -2.15. The van der Waals surface area contributed by atoms with E-state index in [1.54, 1.807) is 6.20 Å². The fourth-order valence-electron chi connectivity index (χ4n) is 1.79. The molecule has 1 atom stereocenters. The highest BCUT2D eigenvalue weighted by molar-refractivity contribution is 5.92. The molecule has 0 radical (unpaired) electrons. The number of rotatable bonds is 2. The molecule has 0 spiro atoms. The maximum Gasteiger partial charge on any atom is 0.269 e. The van der Waals surface area contributed by atoms with Gasteiger partial charge in [-0.05, 0) is 19.4 Å². The van der Waals surface area contributed by atoms with Gasteiger partial charge in [0, 0.05) is 12.6 Å². The van der Waals surface area contributed by atoms with Crippen LogP contribution in [-0.2, 0) is 0 Å². The molecule has 15 heavy (non-hydrogen) atoms. The quantitative estimate of drug-likeness (QED) is 0.654. The minimum absolute atomic E-state index is 0.0683. The zero-order valence-electron chi connectivity index (χ0n) is 8.62. The minimum Gasteiger partial charge on any atom is -0.347 e. The first kappa shape index (κ1) is 10.2. The van der Waals surface area contributed by atoms with Crippen LogP contribution in [0.15, 0.2) is 12.5 Å². The van der Waals surface area contributed by atoms with E-state index < -0.39 is 0 Å². The second-order valence-electron chi connectivity index (χ2n) is 3.84. The number of hydrogen-bond donors (Lipinski definition) is 3. The molecule has 0 aliphatic carbocycles. The molecular formula is C10H16N4O. The summed E-state index contributed by atoms with van der Waals surface area (Å²) in [5, 5.41) is 6.30. The topological polar surface area (TPSA) is 69.8 Å². The summed E-state index contributed by atoms with van der Waals surface area (Å²) in [6.45, 7) is 1.91. The zero-order chi connectivity index (χ0) is 10.5. The van der Waals surface area contributed by atoms with E-state index in [2.05, 4.69) is 20.6 Å². The van der Waals surface area contributed by atoms with Gasteiger partial charge in [-0.2, -0.15) is 0 Å². The molecule has 2 heterocycles. The van der Waals surface area contributed by atoms with Crippen LogP contribution in [0.5, 0.6) is 0 Å². The van der Waals surface area contributed by atoms with Crippen LogP contribution in [0.25, 0.3) is 0 Å². The Morgan fingerprint density at radius 1 is 1.53 bits per heavy atom. The Labute approximate surface area is 88.7 Å². The number of carbonyl (C=O) groups is 1. The van der Waals surface area contributed by atoms with Crippen LogP contribution in [-0.4, -0.2) is 35.0 Å². The second-order valence-corrected chi connectivity index (χ2v) is 3.84. The first-order valence-electron chi connectivity index (χ1n) is 5.36. The average Bonchev–Trinajstić information content (AvgIpc) is 2.65. The molecule has 5 heteroatoms. The molecule has 0 aromatic carbocycles. The highest BCUT2D eigenvalue weighted by atomic mass is 16.2. The summed E-state index contributed by atoms with van der Waals surface area (Å²) in [7, 11) is 0. The third-order valence-electron chi connectivity index (χ3n) is 2.62. The van der Waals surface area contributed by atoms with Gasteiger partial charge in [-0.25, -0.2) is 4.98 Å². The summed E-state index contributed by atoms with van der Waals surface area (Å²) in [6.07, 6.45) is 6.46. The molecule has 1 fully saturated rings. The third kappa shape index (κ3) is 2.79. The largest absolute Gasteiger partial charge is 0.347 e. The Bertz CT molecular complexity index is 301. The van der Waals surface area contributed by atoms with Gasteiger partial charge in [0.1, 0.15) is 5.69 Å². The predicted molar refractivity (Wildman–Crippen MR) is 56.6 cm³/mol.